The molecule has 2 aromatic rings. The van der Waals surface area contributed by atoms with Crippen molar-refractivity contribution >= 4 is 0 Å². The van der Waals surface area contributed by atoms with Gasteiger partial charge >= 0.3 is 6.11 Å². The summed E-state index contributed by atoms with van der Waals surface area (Å²) >= 11 is 0. The maximum absolute atomic E-state index is 13.2. The fourth-order valence-corrected chi connectivity index (χ4v) is 1.61. The lowest BCUT2D eigenvalue weighted by Crippen LogP contribution is -2.15. The lowest BCUT2D eigenvalue weighted by Gasteiger charge is -2.14. The van der Waals surface area contributed by atoms with Crippen LogP contribution in [0, 0.1) is 0 Å². The molecule has 0 unspecified atom stereocenters. The first kappa shape index (κ1) is 11.7. The maximum Gasteiger partial charge on any atom is 0.383 e. The first-order valence-corrected chi connectivity index (χ1v) is 5.22. The van der Waals surface area contributed by atoms with Crippen molar-refractivity contribution in [3.63, 3.8) is 0 Å². The van der Waals surface area contributed by atoms with Gasteiger partial charge in [-0.2, -0.15) is 8.78 Å². The molecule has 0 aliphatic rings. The van der Waals surface area contributed by atoms with Gasteiger partial charge in [-0.25, -0.2) is 0 Å². The van der Waals surface area contributed by atoms with E-state index in [2.05, 4.69) is 4.74 Å². The van der Waals surface area contributed by atoms with Crippen molar-refractivity contribution < 1.29 is 13.5 Å². The van der Waals surface area contributed by atoms with Crippen molar-refractivity contribution in [2.75, 3.05) is 7.11 Å². The van der Waals surface area contributed by atoms with E-state index in [9.17, 15) is 8.78 Å². The van der Waals surface area contributed by atoms with E-state index in [1.165, 1.54) is 12.1 Å². The van der Waals surface area contributed by atoms with Crippen LogP contribution in [0.15, 0.2) is 54.6 Å². The molecule has 0 fully saturated rings. The van der Waals surface area contributed by atoms with Crippen molar-refractivity contribution in [1.82, 2.24) is 0 Å². The van der Waals surface area contributed by atoms with Crippen molar-refractivity contribution in [2.24, 2.45) is 0 Å². The highest BCUT2D eigenvalue weighted by Crippen LogP contribution is 2.30. The van der Waals surface area contributed by atoms with Gasteiger partial charge < -0.3 is 4.74 Å². The lowest BCUT2D eigenvalue weighted by molar-refractivity contribution is -0.231. The quantitative estimate of drug-likeness (QED) is 0.778. The van der Waals surface area contributed by atoms with Crippen LogP contribution in [0.3, 0.4) is 0 Å². The molecule has 0 heterocycles. The second-order valence-electron chi connectivity index (χ2n) is 3.66. The minimum atomic E-state index is -3.23. The molecular weight excluding hydrogens is 222 g/mol. The molecule has 1 nitrogen and oxygen atoms in total. The second-order valence-corrected chi connectivity index (χ2v) is 3.66. The largest absolute Gasteiger partial charge is 0.383 e. The lowest BCUT2D eigenvalue weighted by atomic mass is 10.0. The number of methoxy groups -OCH3 is 1. The van der Waals surface area contributed by atoms with E-state index < -0.39 is 6.11 Å². The zero-order valence-corrected chi connectivity index (χ0v) is 9.36. The summed E-state index contributed by atoms with van der Waals surface area (Å²) in [5.41, 5.74) is 1.76. The Morgan fingerprint density at radius 3 is 1.88 bits per heavy atom. The Bertz CT molecular complexity index is 477. The first-order valence-electron chi connectivity index (χ1n) is 5.22. The van der Waals surface area contributed by atoms with Crippen LogP contribution in [0.4, 0.5) is 8.78 Å². The summed E-state index contributed by atoms with van der Waals surface area (Å²) in [5.74, 6) is 0. The van der Waals surface area contributed by atoms with Gasteiger partial charge in [0.25, 0.3) is 0 Å². The van der Waals surface area contributed by atoms with E-state index in [-0.39, 0.29) is 5.56 Å². The molecule has 3 heteroatoms. The van der Waals surface area contributed by atoms with Crippen LogP contribution in [-0.2, 0) is 10.8 Å². The predicted octanol–water partition coefficient (Wildman–Crippen LogP) is 4.05. The summed E-state index contributed by atoms with van der Waals surface area (Å²) in [6, 6.07) is 15.7. The molecule has 0 amide bonds. The third-order valence-corrected chi connectivity index (χ3v) is 2.58. The third kappa shape index (κ3) is 2.50. The standard InChI is InChI=1S/C14H12F2O/c1-17-14(15,16)13-9-7-12(8-10-13)11-5-3-2-4-6-11/h2-10H,1H3. The van der Waals surface area contributed by atoms with Crippen LogP contribution in [0.1, 0.15) is 5.56 Å². The SMILES string of the molecule is COC(F)(F)c1ccc(-c2ccccc2)cc1. The number of ether oxygens (including phenoxy) is 1. The Hall–Kier alpha value is -1.74. The highest BCUT2D eigenvalue weighted by Gasteiger charge is 2.30. The van der Waals surface area contributed by atoms with Crippen LogP contribution in [0.5, 0.6) is 0 Å². The summed E-state index contributed by atoms with van der Waals surface area (Å²) < 4.78 is 30.5. The van der Waals surface area contributed by atoms with Gasteiger partial charge in [0.05, 0.1) is 5.56 Å². The van der Waals surface area contributed by atoms with E-state index >= 15 is 0 Å². The number of alkyl halides is 2. The van der Waals surface area contributed by atoms with E-state index in [1.54, 1.807) is 12.1 Å². The molecule has 0 atom stereocenters. The first-order chi connectivity index (χ1) is 8.13. The van der Waals surface area contributed by atoms with Gasteiger partial charge in [-0.05, 0) is 23.3 Å². The fraction of sp³-hybridized carbons (Fsp3) is 0.143. The predicted molar refractivity (Wildman–Crippen MR) is 62.8 cm³/mol. The van der Waals surface area contributed by atoms with Crippen LogP contribution in [0.25, 0.3) is 11.1 Å². The topological polar surface area (TPSA) is 9.23 Å². The van der Waals surface area contributed by atoms with Gasteiger partial charge in [0.15, 0.2) is 0 Å². The average molecular weight is 234 g/mol. The van der Waals surface area contributed by atoms with Gasteiger partial charge in [0, 0.05) is 7.11 Å². The van der Waals surface area contributed by atoms with Crippen molar-refractivity contribution in [1.29, 1.82) is 0 Å². The average Bonchev–Trinajstić information content (AvgIpc) is 2.40. The van der Waals surface area contributed by atoms with Crippen LogP contribution >= 0.6 is 0 Å². The molecule has 0 saturated carbocycles. The summed E-state index contributed by atoms with van der Waals surface area (Å²) in [7, 11) is 0.991. The molecule has 17 heavy (non-hydrogen) atoms. The van der Waals surface area contributed by atoms with Gasteiger partial charge in [0.2, 0.25) is 0 Å². The smallest absolute Gasteiger partial charge is 0.320 e. The van der Waals surface area contributed by atoms with Crippen molar-refractivity contribution in [2.45, 2.75) is 6.11 Å². The molecule has 0 bridgehead atoms. The summed E-state index contributed by atoms with van der Waals surface area (Å²) in [6.45, 7) is 0. The van der Waals surface area contributed by atoms with Gasteiger partial charge in [0.1, 0.15) is 0 Å². The van der Waals surface area contributed by atoms with Crippen LogP contribution in [-0.4, -0.2) is 7.11 Å². The Balaban J connectivity index is 2.31. The minimum Gasteiger partial charge on any atom is -0.320 e. The number of benzene rings is 2. The normalized spacial score (nSPS) is 11.5. The van der Waals surface area contributed by atoms with Crippen molar-refractivity contribution in [3.05, 3.63) is 60.2 Å². The molecule has 0 N–H and O–H groups in total. The molecule has 0 spiro atoms. The second kappa shape index (κ2) is 4.63. The molecule has 0 radical (unpaired) electrons. The summed E-state index contributed by atoms with van der Waals surface area (Å²) in [5, 5.41) is 0. The molecule has 88 valence electrons. The maximum atomic E-state index is 13.2. The molecule has 0 saturated heterocycles. The van der Waals surface area contributed by atoms with Crippen LogP contribution in [0.2, 0.25) is 0 Å². The van der Waals surface area contributed by atoms with E-state index in [0.717, 1.165) is 18.2 Å². The zero-order valence-electron chi connectivity index (χ0n) is 9.36. The monoisotopic (exact) mass is 234 g/mol. The molecule has 0 aliphatic heterocycles. The molecular formula is C14H12F2O. The molecule has 2 aromatic carbocycles. The minimum absolute atomic E-state index is 0.139. The number of hydrogen-bond donors (Lipinski definition) is 0. The van der Waals surface area contributed by atoms with Gasteiger partial charge in [-0.15, -0.1) is 0 Å². The van der Waals surface area contributed by atoms with Gasteiger partial charge in [-0.1, -0.05) is 42.5 Å². The Kier molecular flexibility index (Phi) is 3.20. The van der Waals surface area contributed by atoms with E-state index in [0.29, 0.717) is 0 Å². The number of halogens is 2. The third-order valence-electron chi connectivity index (χ3n) is 2.58. The van der Waals surface area contributed by atoms with Crippen LogP contribution < -0.4 is 0 Å². The fourth-order valence-electron chi connectivity index (χ4n) is 1.61. The summed E-state index contributed by atoms with van der Waals surface area (Å²) in [4.78, 5) is 0. The Labute approximate surface area is 98.7 Å². The Morgan fingerprint density at radius 2 is 1.35 bits per heavy atom. The molecule has 0 aromatic heterocycles. The molecule has 2 rings (SSSR count). The van der Waals surface area contributed by atoms with Gasteiger partial charge in [-0.3, -0.25) is 0 Å². The molecule has 0 aliphatic carbocycles. The number of rotatable bonds is 3. The van der Waals surface area contributed by atoms with E-state index in [1.807, 2.05) is 30.3 Å². The van der Waals surface area contributed by atoms with Crippen molar-refractivity contribution in [3.8, 4) is 11.1 Å². The highest BCUT2D eigenvalue weighted by molar-refractivity contribution is 5.63. The Morgan fingerprint density at radius 1 is 0.824 bits per heavy atom. The zero-order chi connectivity index (χ0) is 12.3. The highest BCUT2D eigenvalue weighted by atomic mass is 19.3. The summed E-state index contributed by atoms with van der Waals surface area (Å²) in [6.07, 6.45) is -3.23. The number of hydrogen-bond acceptors (Lipinski definition) is 1. The van der Waals surface area contributed by atoms with E-state index in [4.69, 9.17) is 0 Å².